The minimum absolute atomic E-state index is 0. The Kier molecular flexibility index (Phi) is 602. The number of rotatable bonds is 0. The third kappa shape index (κ3) is 30.7. The maximum Gasteiger partial charge on any atom is 6.00 e. The standard InChI is InChI=1S/Co.Mo.4S/q+2;+6;4*-2. The van der Waals surface area contributed by atoms with Crippen molar-refractivity contribution in [2.45, 2.75) is 0 Å². The van der Waals surface area contributed by atoms with Crippen molar-refractivity contribution in [3.8, 4) is 0 Å². The summed E-state index contributed by atoms with van der Waals surface area (Å²) < 4.78 is 0. The predicted molar refractivity (Wildman–Crippen MR) is 29.5 cm³/mol. The summed E-state index contributed by atoms with van der Waals surface area (Å²) in [6.45, 7) is 0. The summed E-state index contributed by atoms with van der Waals surface area (Å²) in [4.78, 5) is 0. The van der Waals surface area contributed by atoms with Crippen LogP contribution in [0.2, 0.25) is 0 Å². The van der Waals surface area contributed by atoms with E-state index in [2.05, 4.69) is 0 Å². The van der Waals surface area contributed by atoms with Crippen LogP contribution in [0.5, 0.6) is 0 Å². The maximum atomic E-state index is 0. The van der Waals surface area contributed by atoms with Gasteiger partial charge in [-0.15, -0.1) is 0 Å². The van der Waals surface area contributed by atoms with Crippen LogP contribution in [0.4, 0.5) is 0 Å². The molecular weight excluding hydrogens is 283 g/mol. The van der Waals surface area contributed by atoms with Gasteiger partial charge >= 0.3 is 37.8 Å². The van der Waals surface area contributed by atoms with Crippen LogP contribution >= 0.6 is 0 Å². The van der Waals surface area contributed by atoms with Crippen molar-refractivity contribution in [2.24, 2.45) is 0 Å². The Morgan fingerprint density at radius 3 is 0.500 bits per heavy atom. The van der Waals surface area contributed by atoms with Gasteiger partial charge in [-0.05, 0) is 0 Å². The Balaban J connectivity index is 0. The van der Waals surface area contributed by atoms with E-state index in [0.29, 0.717) is 0 Å². The quantitative estimate of drug-likeness (QED) is 0.548. The molecule has 0 saturated heterocycles. The van der Waals surface area contributed by atoms with Gasteiger partial charge < -0.3 is 54.0 Å². The van der Waals surface area contributed by atoms with Crippen molar-refractivity contribution < 1.29 is 37.8 Å². The van der Waals surface area contributed by atoms with E-state index in [1.165, 1.54) is 0 Å². The van der Waals surface area contributed by atoms with Crippen LogP contribution in [0.3, 0.4) is 0 Å². The van der Waals surface area contributed by atoms with E-state index in [0.717, 1.165) is 0 Å². The smallest absolute Gasteiger partial charge is 2.00 e. The van der Waals surface area contributed by atoms with Gasteiger partial charge in [-0.3, -0.25) is 0 Å². The van der Waals surface area contributed by atoms with Gasteiger partial charge in [0.2, 0.25) is 0 Å². The maximum absolute atomic E-state index is 0. The first-order chi connectivity index (χ1) is 0. The van der Waals surface area contributed by atoms with Crippen molar-refractivity contribution in [1.29, 1.82) is 0 Å². The van der Waals surface area contributed by atoms with Gasteiger partial charge in [-0.1, -0.05) is 0 Å². The predicted octanol–water partition coefficient (Wildman–Crippen LogP) is -0.0146. The third-order valence-corrected chi connectivity index (χ3v) is 0. The summed E-state index contributed by atoms with van der Waals surface area (Å²) in [7, 11) is 0. The molecule has 6 heavy (non-hydrogen) atoms. The topological polar surface area (TPSA) is 0 Å². The molecule has 0 N–H and O–H groups in total. The van der Waals surface area contributed by atoms with Crippen LogP contribution in [-0.2, 0) is 91.8 Å². The molecule has 0 aliphatic heterocycles. The van der Waals surface area contributed by atoms with Crippen LogP contribution in [0.1, 0.15) is 0 Å². The molecule has 0 aliphatic carbocycles. The third-order valence-electron chi connectivity index (χ3n) is 0. The van der Waals surface area contributed by atoms with Crippen molar-refractivity contribution in [2.75, 3.05) is 0 Å². The van der Waals surface area contributed by atoms with Gasteiger partial charge in [-0.25, -0.2) is 0 Å². The molecule has 0 aromatic carbocycles. The molecule has 0 aliphatic rings. The Bertz CT molecular complexity index is 7.51. The molecule has 6 heteroatoms. The van der Waals surface area contributed by atoms with Gasteiger partial charge in [0, 0.05) is 0 Å². The van der Waals surface area contributed by atoms with Crippen LogP contribution in [-0.4, -0.2) is 0 Å². The van der Waals surface area contributed by atoms with E-state index in [4.69, 9.17) is 0 Å². The van der Waals surface area contributed by atoms with Gasteiger partial charge in [0.25, 0.3) is 0 Å². The molecule has 0 atom stereocenters. The van der Waals surface area contributed by atoms with Gasteiger partial charge in [0.05, 0.1) is 0 Å². The molecule has 0 fully saturated rings. The first kappa shape index (κ1) is 73.6. The van der Waals surface area contributed by atoms with Crippen molar-refractivity contribution in [3.05, 3.63) is 0 Å². The second-order valence-electron chi connectivity index (χ2n) is 0. The average Bonchev–Trinajstić information content (AvgIpc) is 0. The van der Waals surface area contributed by atoms with Crippen LogP contribution < -0.4 is 0 Å². The molecule has 0 saturated carbocycles. The van der Waals surface area contributed by atoms with E-state index in [1.54, 1.807) is 0 Å². The van der Waals surface area contributed by atoms with Gasteiger partial charge in [-0.2, -0.15) is 0 Å². The zero-order valence-electron chi connectivity index (χ0n) is 2.37. The summed E-state index contributed by atoms with van der Waals surface area (Å²) >= 11 is 0. The minimum atomic E-state index is 0. The first-order valence-electron chi connectivity index (χ1n) is 0. The molecule has 0 amide bonds. The zero-order valence-corrected chi connectivity index (χ0v) is 8.69. The van der Waals surface area contributed by atoms with E-state index < -0.39 is 0 Å². The van der Waals surface area contributed by atoms with Crippen molar-refractivity contribution >= 4 is 54.0 Å². The molecular formula is CoMoS4. The van der Waals surface area contributed by atoms with Crippen LogP contribution in [0.25, 0.3) is 0 Å². The van der Waals surface area contributed by atoms with Gasteiger partial charge in [0.15, 0.2) is 0 Å². The van der Waals surface area contributed by atoms with Crippen molar-refractivity contribution in [1.82, 2.24) is 0 Å². The molecule has 0 nitrogen and oxygen atoms in total. The summed E-state index contributed by atoms with van der Waals surface area (Å²) in [6, 6.07) is 0. The Morgan fingerprint density at radius 1 is 0.500 bits per heavy atom. The Hall–Kier alpha value is 2.59. The fourth-order valence-electron chi connectivity index (χ4n) is 0. The van der Waals surface area contributed by atoms with E-state index in [1.807, 2.05) is 0 Å². The minimum Gasteiger partial charge on any atom is -2.00 e. The molecule has 0 heterocycles. The summed E-state index contributed by atoms with van der Waals surface area (Å²) in [5.41, 5.74) is 0. The molecule has 0 spiro atoms. The molecule has 0 unspecified atom stereocenters. The monoisotopic (exact) mass is 285 g/mol. The Morgan fingerprint density at radius 2 is 0.500 bits per heavy atom. The second kappa shape index (κ2) is 49.1. The Labute approximate surface area is 90.8 Å². The molecule has 39 valence electrons. The fraction of sp³-hybridized carbons (Fsp3) is 0. The normalized spacial score (nSPS) is 0. The van der Waals surface area contributed by atoms with E-state index in [-0.39, 0.29) is 91.8 Å². The molecule has 0 aromatic heterocycles. The summed E-state index contributed by atoms with van der Waals surface area (Å²) in [5.74, 6) is 0. The van der Waals surface area contributed by atoms with Crippen LogP contribution in [0, 0.1) is 0 Å². The molecule has 0 aromatic rings. The van der Waals surface area contributed by atoms with Crippen LogP contribution in [0.15, 0.2) is 0 Å². The summed E-state index contributed by atoms with van der Waals surface area (Å²) in [5, 5.41) is 0. The number of hydrogen-bond donors (Lipinski definition) is 0. The van der Waals surface area contributed by atoms with Crippen molar-refractivity contribution in [3.63, 3.8) is 0 Å². The van der Waals surface area contributed by atoms with E-state index >= 15 is 0 Å². The number of hydrogen-bond acceptors (Lipinski definition) is 0. The first-order valence-corrected chi connectivity index (χ1v) is 0. The summed E-state index contributed by atoms with van der Waals surface area (Å²) in [6.07, 6.45) is 0. The second-order valence-corrected chi connectivity index (χ2v) is 0. The molecule has 0 rings (SSSR count). The largest absolute Gasteiger partial charge is 6.00 e. The molecule has 0 bridgehead atoms. The zero-order chi connectivity index (χ0) is 0. The van der Waals surface area contributed by atoms with Gasteiger partial charge in [0.1, 0.15) is 0 Å². The van der Waals surface area contributed by atoms with E-state index in [9.17, 15) is 0 Å². The molecule has 1 radical (unpaired) electrons. The average molecular weight is 283 g/mol. The fourth-order valence-corrected chi connectivity index (χ4v) is 0. The SMILES string of the molecule is [Co+2].[Mo+6].[S-2].[S-2].[S-2].[S-2].